The first-order valence-electron chi connectivity index (χ1n) is 3.44. The van der Waals surface area contributed by atoms with Crippen molar-refractivity contribution < 1.29 is 0 Å². The van der Waals surface area contributed by atoms with Crippen LogP contribution in [0, 0.1) is 5.92 Å². The van der Waals surface area contributed by atoms with Gasteiger partial charge in [0, 0.05) is 18.3 Å². The molecule has 1 aliphatic rings. The predicted octanol–water partition coefficient (Wildman–Crippen LogP) is 1.67. The smallest absolute Gasteiger partial charge is 0.0590 e. The van der Waals surface area contributed by atoms with E-state index in [-0.39, 0.29) is 0 Å². The largest absolute Gasteiger partial charge is 0.367 e. The fraction of sp³-hybridized carbons (Fsp3) is 0.375. The number of rotatable bonds is 2. The van der Waals surface area contributed by atoms with Crippen molar-refractivity contribution in [3.05, 3.63) is 24.7 Å². The zero-order valence-corrected chi connectivity index (χ0v) is 6.17. The number of nitrogens with zero attached hydrogens (tertiary/aromatic N) is 1. The molecule has 0 aromatic rings. The molecule has 54 valence electrons. The lowest BCUT2D eigenvalue weighted by atomic mass is 10.1. The summed E-state index contributed by atoms with van der Waals surface area (Å²) >= 11 is 0. The molecule has 2 nitrogen and oxygen atoms in total. The van der Waals surface area contributed by atoms with Crippen LogP contribution in [-0.4, -0.2) is 6.21 Å². The normalized spacial score (nSPS) is 27.3. The van der Waals surface area contributed by atoms with Crippen LogP contribution in [0.1, 0.15) is 13.3 Å². The van der Waals surface area contributed by atoms with Gasteiger partial charge < -0.3 is 5.32 Å². The van der Waals surface area contributed by atoms with Gasteiger partial charge in [-0.05, 0) is 12.6 Å². The van der Waals surface area contributed by atoms with Gasteiger partial charge >= 0.3 is 0 Å². The van der Waals surface area contributed by atoms with E-state index < -0.39 is 0 Å². The Hall–Kier alpha value is -1.05. The van der Waals surface area contributed by atoms with E-state index in [1.807, 2.05) is 12.4 Å². The molecule has 0 saturated carbocycles. The molecular formula is C8H12N2. The average molecular weight is 136 g/mol. The topological polar surface area (TPSA) is 24.4 Å². The Morgan fingerprint density at radius 1 is 1.90 bits per heavy atom. The Morgan fingerprint density at radius 3 is 3.20 bits per heavy atom. The van der Waals surface area contributed by atoms with Gasteiger partial charge in [0.15, 0.2) is 0 Å². The number of hydrogen-bond acceptors (Lipinski definition) is 2. The highest BCUT2D eigenvalue weighted by Gasteiger charge is 2.10. The van der Waals surface area contributed by atoms with Gasteiger partial charge in [0.2, 0.25) is 0 Å². The van der Waals surface area contributed by atoms with Crippen molar-refractivity contribution in [3.63, 3.8) is 0 Å². The van der Waals surface area contributed by atoms with E-state index in [1.54, 1.807) is 6.20 Å². The minimum absolute atomic E-state index is 0.562. The minimum Gasteiger partial charge on any atom is -0.367 e. The van der Waals surface area contributed by atoms with Gasteiger partial charge in [-0.25, -0.2) is 0 Å². The van der Waals surface area contributed by atoms with E-state index in [9.17, 15) is 0 Å². The van der Waals surface area contributed by atoms with Gasteiger partial charge in [-0.1, -0.05) is 13.5 Å². The molecule has 0 spiro atoms. The summed E-state index contributed by atoms with van der Waals surface area (Å²) in [5, 5.41) is 2.91. The SMILES string of the molecule is C=CN/C=C1/N=CCC1C. The third-order valence-corrected chi connectivity index (χ3v) is 1.55. The molecular weight excluding hydrogens is 124 g/mol. The summed E-state index contributed by atoms with van der Waals surface area (Å²) in [6, 6.07) is 0. The van der Waals surface area contributed by atoms with Gasteiger partial charge in [0.25, 0.3) is 0 Å². The van der Waals surface area contributed by atoms with Crippen LogP contribution in [0.25, 0.3) is 0 Å². The molecule has 1 atom stereocenters. The van der Waals surface area contributed by atoms with Crippen LogP contribution < -0.4 is 5.32 Å². The summed E-state index contributed by atoms with van der Waals surface area (Å²) in [6.45, 7) is 5.70. The molecule has 0 amide bonds. The van der Waals surface area contributed by atoms with E-state index in [2.05, 4.69) is 23.8 Å². The highest BCUT2D eigenvalue weighted by molar-refractivity contribution is 5.63. The molecule has 2 heteroatoms. The summed E-state index contributed by atoms with van der Waals surface area (Å²) in [5.74, 6) is 0.562. The second-order valence-electron chi connectivity index (χ2n) is 2.39. The molecule has 1 rings (SSSR count). The molecule has 0 fully saturated rings. The highest BCUT2D eigenvalue weighted by atomic mass is 14.9. The Labute approximate surface area is 61.4 Å². The van der Waals surface area contributed by atoms with Crippen molar-refractivity contribution in [2.24, 2.45) is 10.9 Å². The second-order valence-corrected chi connectivity index (χ2v) is 2.39. The molecule has 0 aromatic heterocycles. The molecule has 1 unspecified atom stereocenters. The van der Waals surface area contributed by atoms with E-state index in [1.165, 1.54) is 0 Å². The zero-order valence-electron chi connectivity index (χ0n) is 6.17. The first-order chi connectivity index (χ1) is 4.84. The van der Waals surface area contributed by atoms with Gasteiger partial charge in [-0.3, -0.25) is 4.99 Å². The van der Waals surface area contributed by atoms with Crippen molar-refractivity contribution in [2.75, 3.05) is 0 Å². The van der Waals surface area contributed by atoms with E-state index in [0.29, 0.717) is 5.92 Å². The molecule has 0 saturated heterocycles. The minimum atomic E-state index is 0.562. The van der Waals surface area contributed by atoms with Crippen molar-refractivity contribution in [2.45, 2.75) is 13.3 Å². The van der Waals surface area contributed by atoms with Crippen LogP contribution in [0.4, 0.5) is 0 Å². The third-order valence-electron chi connectivity index (χ3n) is 1.55. The summed E-state index contributed by atoms with van der Waals surface area (Å²) < 4.78 is 0. The van der Waals surface area contributed by atoms with Crippen LogP contribution in [0.5, 0.6) is 0 Å². The lowest BCUT2D eigenvalue weighted by Gasteiger charge is -2.00. The lowest BCUT2D eigenvalue weighted by Crippen LogP contribution is -1.97. The number of aliphatic imine (C=N–C) groups is 1. The van der Waals surface area contributed by atoms with E-state index in [0.717, 1.165) is 12.1 Å². The second kappa shape index (κ2) is 3.20. The predicted molar refractivity (Wildman–Crippen MR) is 43.7 cm³/mol. The van der Waals surface area contributed by atoms with Crippen LogP contribution in [0.15, 0.2) is 29.7 Å². The first-order valence-corrected chi connectivity index (χ1v) is 3.44. The fourth-order valence-corrected chi connectivity index (χ4v) is 0.888. The van der Waals surface area contributed by atoms with Crippen molar-refractivity contribution in [3.8, 4) is 0 Å². The number of hydrogen-bond donors (Lipinski definition) is 1. The number of allylic oxidation sites excluding steroid dienone is 1. The quantitative estimate of drug-likeness (QED) is 0.613. The van der Waals surface area contributed by atoms with E-state index in [4.69, 9.17) is 0 Å². The lowest BCUT2D eigenvalue weighted by molar-refractivity contribution is 0.740. The highest BCUT2D eigenvalue weighted by Crippen LogP contribution is 2.19. The van der Waals surface area contributed by atoms with Gasteiger partial charge in [-0.15, -0.1) is 0 Å². The monoisotopic (exact) mass is 136 g/mol. The Balaban J connectivity index is 2.53. The summed E-state index contributed by atoms with van der Waals surface area (Å²) in [7, 11) is 0. The van der Waals surface area contributed by atoms with Crippen LogP contribution in [0.2, 0.25) is 0 Å². The van der Waals surface area contributed by atoms with Crippen molar-refractivity contribution >= 4 is 6.21 Å². The van der Waals surface area contributed by atoms with Gasteiger partial charge in [-0.2, -0.15) is 0 Å². The molecule has 0 aromatic carbocycles. The van der Waals surface area contributed by atoms with Crippen LogP contribution >= 0.6 is 0 Å². The Bertz CT molecular complexity index is 180. The molecule has 0 aliphatic carbocycles. The summed E-state index contributed by atoms with van der Waals surface area (Å²) in [4.78, 5) is 4.18. The van der Waals surface area contributed by atoms with E-state index >= 15 is 0 Å². The Morgan fingerprint density at radius 2 is 2.70 bits per heavy atom. The molecule has 0 bridgehead atoms. The van der Waals surface area contributed by atoms with Crippen LogP contribution in [0.3, 0.4) is 0 Å². The zero-order chi connectivity index (χ0) is 7.40. The van der Waals surface area contributed by atoms with Crippen LogP contribution in [-0.2, 0) is 0 Å². The summed E-state index contributed by atoms with van der Waals surface area (Å²) in [5.41, 5.74) is 1.11. The average Bonchev–Trinajstić information content (AvgIpc) is 2.31. The molecule has 1 heterocycles. The third kappa shape index (κ3) is 1.47. The van der Waals surface area contributed by atoms with Gasteiger partial charge in [0.05, 0.1) is 5.70 Å². The van der Waals surface area contributed by atoms with Crippen molar-refractivity contribution in [1.82, 2.24) is 5.32 Å². The first kappa shape index (κ1) is 7.06. The number of nitrogens with one attached hydrogen (secondary N) is 1. The molecule has 10 heavy (non-hydrogen) atoms. The standard InChI is InChI=1S/C8H12N2/c1-3-9-6-8-7(2)4-5-10-8/h3,5-7,9H,1,4H2,2H3/b8-6+. The maximum Gasteiger partial charge on any atom is 0.0590 e. The van der Waals surface area contributed by atoms with Crippen molar-refractivity contribution in [1.29, 1.82) is 0 Å². The van der Waals surface area contributed by atoms with Gasteiger partial charge in [0.1, 0.15) is 0 Å². The molecule has 1 N–H and O–H groups in total. The Kier molecular flexibility index (Phi) is 2.26. The maximum atomic E-state index is 4.18. The summed E-state index contributed by atoms with van der Waals surface area (Å²) in [6.07, 6.45) is 6.54. The maximum absolute atomic E-state index is 4.18. The molecule has 1 aliphatic heterocycles. The molecule has 0 radical (unpaired) electrons. The fourth-order valence-electron chi connectivity index (χ4n) is 0.888.